The Bertz CT molecular complexity index is 302. The first-order valence-corrected chi connectivity index (χ1v) is 6.50. The van der Waals surface area contributed by atoms with Crippen molar-refractivity contribution >= 4 is 11.8 Å². The predicted octanol–water partition coefficient (Wildman–Crippen LogP) is 1.55. The van der Waals surface area contributed by atoms with Gasteiger partial charge in [-0.15, -0.1) is 0 Å². The van der Waals surface area contributed by atoms with E-state index < -0.39 is 0 Å². The van der Waals surface area contributed by atoms with Gasteiger partial charge in [0.2, 0.25) is 11.8 Å². The third-order valence-corrected chi connectivity index (χ3v) is 3.53. The number of nitrogens with one attached hydrogen (secondary N) is 1. The van der Waals surface area contributed by atoms with Gasteiger partial charge in [-0.1, -0.05) is 20.8 Å². The Balaban J connectivity index is 3.00. The van der Waals surface area contributed by atoms with Crippen LogP contribution in [0.3, 0.4) is 0 Å². The van der Waals surface area contributed by atoms with Crippen LogP contribution in [0.25, 0.3) is 0 Å². The highest BCUT2D eigenvalue weighted by Gasteiger charge is 2.37. The summed E-state index contributed by atoms with van der Waals surface area (Å²) in [4.78, 5) is 26.1. The Morgan fingerprint density at radius 1 is 1.35 bits per heavy atom. The summed E-state index contributed by atoms with van der Waals surface area (Å²) in [7, 11) is 0. The normalized spacial score (nSPS) is 28.0. The Kier molecular flexibility index (Phi) is 4.54. The van der Waals surface area contributed by atoms with Gasteiger partial charge in [-0.05, 0) is 26.2 Å². The standard InChI is InChI=1S/C13H24N2O2/c1-6-9(4)15-10(5)7-11(16)14-12(8(2)3)13(15)17/h8-10,12H,6-7H2,1-5H3,(H,14,16). The second-order valence-electron chi connectivity index (χ2n) is 5.35. The fourth-order valence-corrected chi connectivity index (χ4v) is 2.34. The lowest BCUT2D eigenvalue weighted by Crippen LogP contribution is -2.51. The number of hydrogen-bond donors (Lipinski definition) is 1. The number of amides is 2. The van der Waals surface area contributed by atoms with Crippen molar-refractivity contribution in [3.05, 3.63) is 0 Å². The maximum atomic E-state index is 12.5. The average Bonchev–Trinajstić information content (AvgIpc) is 2.34. The molecule has 0 aromatic carbocycles. The summed E-state index contributed by atoms with van der Waals surface area (Å²) in [6.07, 6.45) is 1.31. The van der Waals surface area contributed by atoms with E-state index in [1.165, 1.54) is 0 Å². The smallest absolute Gasteiger partial charge is 0.245 e. The number of hydrogen-bond acceptors (Lipinski definition) is 2. The van der Waals surface area contributed by atoms with Gasteiger partial charge in [-0.2, -0.15) is 0 Å². The van der Waals surface area contributed by atoms with Gasteiger partial charge in [0.25, 0.3) is 0 Å². The summed E-state index contributed by atoms with van der Waals surface area (Å²) in [6, 6.07) is -0.200. The maximum Gasteiger partial charge on any atom is 0.245 e. The molecular formula is C13H24N2O2. The molecule has 1 rings (SSSR count). The van der Waals surface area contributed by atoms with E-state index in [0.717, 1.165) is 6.42 Å². The Labute approximate surface area is 104 Å². The molecule has 4 nitrogen and oxygen atoms in total. The van der Waals surface area contributed by atoms with Crippen LogP contribution in [0.15, 0.2) is 0 Å². The lowest BCUT2D eigenvalue weighted by atomic mass is 10.0. The molecule has 1 heterocycles. The molecule has 98 valence electrons. The summed E-state index contributed by atoms with van der Waals surface area (Å²) >= 11 is 0. The molecule has 0 aromatic heterocycles. The lowest BCUT2D eigenvalue weighted by Gasteiger charge is -2.34. The van der Waals surface area contributed by atoms with E-state index in [9.17, 15) is 9.59 Å². The molecule has 0 bridgehead atoms. The van der Waals surface area contributed by atoms with Crippen LogP contribution in [0.5, 0.6) is 0 Å². The molecule has 1 aliphatic heterocycles. The van der Waals surface area contributed by atoms with Crippen molar-refractivity contribution < 1.29 is 9.59 Å². The molecule has 1 aliphatic rings. The van der Waals surface area contributed by atoms with Crippen molar-refractivity contribution in [2.45, 2.75) is 65.6 Å². The largest absolute Gasteiger partial charge is 0.344 e. The summed E-state index contributed by atoms with van der Waals surface area (Å²) < 4.78 is 0. The molecule has 3 unspecified atom stereocenters. The summed E-state index contributed by atoms with van der Waals surface area (Å²) in [5, 5.41) is 2.84. The lowest BCUT2D eigenvalue weighted by molar-refractivity contribution is -0.138. The topological polar surface area (TPSA) is 49.4 Å². The third-order valence-electron chi connectivity index (χ3n) is 3.53. The monoisotopic (exact) mass is 240 g/mol. The Morgan fingerprint density at radius 3 is 2.41 bits per heavy atom. The van der Waals surface area contributed by atoms with E-state index >= 15 is 0 Å². The van der Waals surface area contributed by atoms with Gasteiger partial charge in [0.15, 0.2) is 0 Å². The first-order chi connectivity index (χ1) is 7.88. The van der Waals surface area contributed by atoms with Gasteiger partial charge < -0.3 is 10.2 Å². The first kappa shape index (κ1) is 14.0. The SMILES string of the molecule is CCC(C)N1C(=O)C(C(C)C)NC(=O)CC1C. The number of carbonyl (C=O) groups excluding carboxylic acids is 2. The van der Waals surface area contributed by atoms with Crippen LogP contribution in [0.1, 0.15) is 47.5 Å². The molecule has 0 radical (unpaired) electrons. The van der Waals surface area contributed by atoms with Crippen molar-refractivity contribution in [2.24, 2.45) is 5.92 Å². The maximum absolute atomic E-state index is 12.5. The summed E-state index contributed by atoms with van der Waals surface area (Å²) in [5.74, 6) is 0.173. The first-order valence-electron chi connectivity index (χ1n) is 6.50. The minimum Gasteiger partial charge on any atom is -0.344 e. The van der Waals surface area contributed by atoms with Gasteiger partial charge in [0.05, 0.1) is 0 Å². The van der Waals surface area contributed by atoms with Crippen molar-refractivity contribution in [1.82, 2.24) is 10.2 Å². The zero-order chi connectivity index (χ0) is 13.2. The molecule has 4 heteroatoms. The van der Waals surface area contributed by atoms with E-state index in [1.54, 1.807) is 0 Å². The molecule has 1 N–H and O–H groups in total. The number of rotatable bonds is 3. The molecule has 3 atom stereocenters. The van der Waals surface area contributed by atoms with Gasteiger partial charge in [-0.25, -0.2) is 0 Å². The highest BCUT2D eigenvalue weighted by Crippen LogP contribution is 2.19. The van der Waals surface area contributed by atoms with Crippen LogP contribution in [0, 0.1) is 5.92 Å². The van der Waals surface area contributed by atoms with Crippen molar-refractivity contribution in [3.63, 3.8) is 0 Å². The molecule has 0 aromatic rings. The fourth-order valence-electron chi connectivity index (χ4n) is 2.34. The van der Waals surface area contributed by atoms with Crippen LogP contribution in [-0.2, 0) is 9.59 Å². The third kappa shape index (κ3) is 2.99. The Hall–Kier alpha value is -1.06. The van der Waals surface area contributed by atoms with E-state index in [4.69, 9.17) is 0 Å². The van der Waals surface area contributed by atoms with Gasteiger partial charge in [0, 0.05) is 18.5 Å². The van der Waals surface area contributed by atoms with Crippen LogP contribution in [-0.4, -0.2) is 34.8 Å². The van der Waals surface area contributed by atoms with E-state index in [0.29, 0.717) is 6.42 Å². The highest BCUT2D eigenvalue weighted by atomic mass is 16.2. The average molecular weight is 240 g/mol. The molecule has 0 saturated carbocycles. The van der Waals surface area contributed by atoms with Crippen molar-refractivity contribution in [2.75, 3.05) is 0 Å². The van der Waals surface area contributed by atoms with Crippen molar-refractivity contribution in [1.29, 1.82) is 0 Å². The number of carbonyl (C=O) groups is 2. The molecule has 17 heavy (non-hydrogen) atoms. The van der Waals surface area contributed by atoms with E-state index in [2.05, 4.69) is 12.2 Å². The van der Waals surface area contributed by atoms with Gasteiger partial charge in [-0.3, -0.25) is 9.59 Å². The molecule has 1 fully saturated rings. The number of nitrogens with zero attached hydrogens (tertiary/aromatic N) is 1. The van der Waals surface area contributed by atoms with E-state index in [-0.39, 0.29) is 35.9 Å². The second kappa shape index (κ2) is 5.52. The summed E-state index contributed by atoms with van der Waals surface area (Å²) in [5.41, 5.74) is 0. The quantitative estimate of drug-likeness (QED) is 0.813. The second-order valence-corrected chi connectivity index (χ2v) is 5.35. The van der Waals surface area contributed by atoms with Crippen LogP contribution < -0.4 is 5.32 Å². The zero-order valence-electron chi connectivity index (χ0n) is 11.5. The minimum atomic E-state index is -0.374. The molecule has 2 amide bonds. The zero-order valence-corrected chi connectivity index (χ0v) is 11.5. The molecule has 0 spiro atoms. The van der Waals surface area contributed by atoms with Crippen molar-refractivity contribution in [3.8, 4) is 0 Å². The molecule has 1 saturated heterocycles. The van der Waals surface area contributed by atoms with Crippen LogP contribution in [0.2, 0.25) is 0 Å². The fraction of sp³-hybridized carbons (Fsp3) is 0.846. The molecular weight excluding hydrogens is 216 g/mol. The minimum absolute atomic E-state index is 0.0128. The van der Waals surface area contributed by atoms with Gasteiger partial charge in [0.1, 0.15) is 6.04 Å². The predicted molar refractivity (Wildman–Crippen MR) is 67.4 cm³/mol. The van der Waals surface area contributed by atoms with Crippen LogP contribution >= 0.6 is 0 Å². The molecule has 0 aliphatic carbocycles. The van der Waals surface area contributed by atoms with Gasteiger partial charge >= 0.3 is 0 Å². The van der Waals surface area contributed by atoms with Crippen LogP contribution in [0.4, 0.5) is 0 Å². The Morgan fingerprint density at radius 2 is 1.94 bits per heavy atom. The highest BCUT2D eigenvalue weighted by molar-refractivity contribution is 5.90. The van der Waals surface area contributed by atoms with E-state index in [1.807, 2.05) is 32.6 Å². The summed E-state index contributed by atoms with van der Waals surface area (Å²) in [6.45, 7) is 9.99.